The second-order valence-corrected chi connectivity index (χ2v) is 12.8. The number of benzene rings is 8. The molecule has 0 spiro atoms. The molecule has 0 bridgehead atoms. The lowest BCUT2D eigenvalue weighted by atomic mass is 9.79. The first kappa shape index (κ1) is 19.1. The summed E-state index contributed by atoms with van der Waals surface area (Å²) in [6.07, 6.45) is 0. The van der Waals surface area contributed by atoms with Crippen molar-refractivity contribution in [1.29, 1.82) is 0 Å². The van der Waals surface area contributed by atoms with E-state index in [4.69, 9.17) is 9.60 Å². The van der Waals surface area contributed by atoms with Gasteiger partial charge in [-0.25, -0.2) is 0 Å². The van der Waals surface area contributed by atoms with Crippen molar-refractivity contribution >= 4 is 27.8 Å². The van der Waals surface area contributed by atoms with E-state index < -0.39 is 83.3 Å². The Balaban J connectivity index is 1.32. The Morgan fingerprint density at radius 2 is 1.08 bits per heavy atom. The SMILES string of the molecule is [2H]c1c([2H])c([2H])c(-c2c([2H])c([2H])c(N(c3ccc(-c4cccc5c4C(C)(C)c4ccccc4-5)cc3)c3c([2H])c([2H])c([2H])c(-c4cccc5ccccc45)c3[2H])c([2H])c2[2H])c([2H])c1[2H]. The Bertz CT molecular complexity index is 3190. The number of fused-ring (bicyclic) bond motifs is 4. The molecule has 0 unspecified atom stereocenters. The molecule has 0 saturated carbocycles. The third-order valence-corrected chi connectivity index (χ3v) is 9.50. The quantitative estimate of drug-likeness (QED) is 0.173. The zero-order chi connectivity index (χ0) is 45.0. The maximum atomic E-state index is 9.79. The number of hydrogen-bond acceptors (Lipinski definition) is 1. The van der Waals surface area contributed by atoms with E-state index in [2.05, 4.69) is 32.0 Å². The monoisotopic (exact) mass is 652 g/mol. The number of hydrogen-bond donors (Lipinski definition) is 0. The molecule has 1 heteroatoms. The van der Waals surface area contributed by atoms with Crippen LogP contribution in [0.15, 0.2) is 188 Å². The molecule has 8 aromatic carbocycles. The number of rotatable bonds is 6. The Morgan fingerprint density at radius 1 is 0.440 bits per heavy atom. The van der Waals surface area contributed by atoms with Gasteiger partial charge in [0.05, 0.1) is 17.8 Å². The minimum Gasteiger partial charge on any atom is -0.310 e. The van der Waals surface area contributed by atoms with Gasteiger partial charge in [0.25, 0.3) is 0 Å². The van der Waals surface area contributed by atoms with E-state index in [0.29, 0.717) is 10.9 Å². The van der Waals surface area contributed by atoms with Crippen molar-refractivity contribution in [2.75, 3.05) is 4.90 Å². The van der Waals surface area contributed by atoms with Crippen molar-refractivity contribution in [3.05, 3.63) is 199 Å². The Labute approximate surface area is 313 Å². The number of anilines is 3. The van der Waals surface area contributed by atoms with E-state index in [-0.39, 0.29) is 34.4 Å². The zero-order valence-electron chi connectivity index (χ0n) is 40.3. The minimum atomic E-state index is -0.719. The molecule has 1 nitrogen and oxygen atoms in total. The van der Waals surface area contributed by atoms with Gasteiger partial charge in [0, 0.05) is 22.5 Å². The van der Waals surface area contributed by atoms with Crippen molar-refractivity contribution in [3.8, 4) is 44.5 Å². The second kappa shape index (κ2) is 12.1. The van der Waals surface area contributed by atoms with Crippen LogP contribution < -0.4 is 4.90 Å². The summed E-state index contributed by atoms with van der Waals surface area (Å²) in [6.45, 7) is 4.36. The summed E-state index contributed by atoms with van der Waals surface area (Å²) in [6, 6.07) is 26.1. The molecule has 0 heterocycles. The molecular weight excluding hydrogens is 603 g/mol. The van der Waals surface area contributed by atoms with Crippen LogP contribution in [0.4, 0.5) is 17.1 Å². The molecule has 1 aliphatic carbocycles. The normalized spacial score (nSPS) is 16.4. The summed E-state index contributed by atoms with van der Waals surface area (Å²) in [5, 5.41) is 1.50. The van der Waals surface area contributed by atoms with Crippen LogP contribution >= 0.6 is 0 Å². The van der Waals surface area contributed by atoms with E-state index in [1.165, 1.54) is 10.5 Å². The van der Waals surface area contributed by atoms with Gasteiger partial charge < -0.3 is 4.90 Å². The van der Waals surface area contributed by atoms with Gasteiger partial charge in [-0.2, -0.15) is 0 Å². The van der Waals surface area contributed by atoms with Gasteiger partial charge in [-0.1, -0.05) is 165 Å². The van der Waals surface area contributed by atoms with Crippen LogP contribution in [-0.4, -0.2) is 0 Å². The van der Waals surface area contributed by atoms with E-state index in [0.717, 1.165) is 33.2 Å². The fourth-order valence-corrected chi connectivity index (χ4v) is 7.19. The zero-order valence-corrected chi connectivity index (χ0v) is 27.3. The molecule has 9 rings (SSSR count). The third kappa shape index (κ3) is 5.02. The van der Waals surface area contributed by atoms with Crippen LogP contribution in [0.2, 0.25) is 0 Å². The van der Waals surface area contributed by atoms with Gasteiger partial charge in [-0.15, -0.1) is 0 Å². The molecule has 0 aliphatic heterocycles. The second-order valence-electron chi connectivity index (χ2n) is 12.8. The van der Waals surface area contributed by atoms with Crippen molar-refractivity contribution in [1.82, 2.24) is 0 Å². The Morgan fingerprint density at radius 3 is 1.92 bits per heavy atom. The minimum absolute atomic E-state index is 0.0251. The van der Waals surface area contributed by atoms with Crippen molar-refractivity contribution < 1.29 is 17.8 Å². The summed E-state index contributed by atoms with van der Waals surface area (Å²) in [7, 11) is 0. The molecule has 0 N–H and O–H groups in total. The number of nitrogens with zero attached hydrogens (tertiary/aromatic N) is 1. The molecule has 0 radical (unpaired) electrons. The van der Waals surface area contributed by atoms with Gasteiger partial charge in [0.1, 0.15) is 0 Å². The molecule has 0 aromatic heterocycles. The van der Waals surface area contributed by atoms with Crippen LogP contribution in [0.5, 0.6) is 0 Å². The Kier molecular flexibility index (Phi) is 4.61. The van der Waals surface area contributed by atoms with Crippen LogP contribution in [-0.2, 0) is 5.41 Å². The van der Waals surface area contributed by atoms with Gasteiger partial charge in [0.2, 0.25) is 0 Å². The predicted molar refractivity (Wildman–Crippen MR) is 213 cm³/mol. The molecule has 0 atom stereocenters. The first-order valence-electron chi connectivity index (χ1n) is 22.9. The summed E-state index contributed by atoms with van der Waals surface area (Å²) in [5.74, 6) is 0. The highest BCUT2D eigenvalue weighted by Gasteiger charge is 2.37. The standard InChI is InChI=1S/C49H37N/c1-49(2)47-24-9-8-20-45(47)46-23-12-22-44(48(46)49)37-27-31-40(32-28-37)50(39-29-25-35(26-30-39)34-13-4-3-5-14-34)41-18-10-17-38(33-41)43-21-11-16-36-15-6-7-19-42(36)43/h3-33H,1-2H3/i3D,4D,5D,10D,13D,14D,17D,18D,25D,26D,29D,30D,33D. The molecule has 1 aliphatic rings. The van der Waals surface area contributed by atoms with Gasteiger partial charge >= 0.3 is 0 Å². The van der Waals surface area contributed by atoms with Gasteiger partial charge in [-0.05, 0) is 103 Å². The van der Waals surface area contributed by atoms with Crippen molar-refractivity contribution in [2.24, 2.45) is 0 Å². The summed E-state index contributed by atoms with van der Waals surface area (Å²) in [5.41, 5.74) is 5.01. The highest BCUT2D eigenvalue weighted by Crippen LogP contribution is 2.52. The highest BCUT2D eigenvalue weighted by atomic mass is 15.1. The molecule has 50 heavy (non-hydrogen) atoms. The van der Waals surface area contributed by atoms with E-state index in [9.17, 15) is 8.22 Å². The van der Waals surface area contributed by atoms with Crippen LogP contribution in [0.3, 0.4) is 0 Å². The van der Waals surface area contributed by atoms with Gasteiger partial charge in [0.15, 0.2) is 0 Å². The lowest BCUT2D eigenvalue weighted by Crippen LogP contribution is -2.16. The largest absolute Gasteiger partial charge is 0.310 e. The van der Waals surface area contributed by atoms with Crippen LogP contribution in [0.1, 0.15) is 42.8 Å². The third-order valence-electron chi connectivity index (χ3n) is 9.50. The maximum absolute atomic E-state index is 9.79. The summed E-state index contributed by atoms with van der Waals surface area (Å²) in [4.78, 5) is 1.24. The lowest BCUT2D eigenvalue weighted by Gasteiger charge is -2.27. The molecule has 238 valence electrons. The van der Waals surface area contributed by atoms with E-state index in [1.807, 2.05) is 66.7 Å². The molecule has 8 aromatic rings. The molecule has 0 saturated heterocycles. The lowest BCUT2D eigenvalue weighted by molar-refractivity contribution is 0.662. The average molecular weight is 653 g/mol. The topological polar surface area (TPSA) is 3.24 Å². The van der Waals surface area contributed by atoms with Crippen LogP contribution in [0, 0.1) is 0 Å². The maximum Gasteiger partial charge on any atom is 0.0651 e. The summed E-state index contributed by atoms with van der Waals surface area (Å²) >= 11 is 0. The van der Waals surface area contributed by atoms with Crippen molar-refractivity contribution in [3.63, 3.8) is 0 Å². The van der Waals surface area contributed by atoms with Crippen molar-refractivity contribution in [2.45, 2.75) is 19.3 Å². The molecular formula is C49H37N. The fraction of sp³-hybridized carbons (Fsp3) is 0.0612. The van der Waals surface area contributed by atoms with Crippen LogP contribution in [0.25, 0.3) is 55.3 Å². The smallest absolute Gasteiger partial charge is 0.0651 e. The predicted octanol–water partition coefficient (Wildman–Crippen LogP) is 13.6. The first-order valence-corrected chi connectivity index (χ1v) is 16.4. The summed E-state index contributed by atoms with van der Waals surface area (Å²) < 4.78 is 117. The molecule has 0 fully saturated rings. The van der Waals surface area contributed by atoms with Gasteiger partial charge in [-0.3, -0.25) is 0 Å². The molecule has 0 amide bonds. The average Bonchev–Trinajstić information content (AvgIpc) is 3.53. The fourth-order valence-electron chi connectivity index (χ4n) is 7.19. The van der Waals surface area contributed by atoms with E-state index >= 15 is 0 Å². The first-order chi connectivity index (χ1) is 30.0. The van der Waals surface area contributed by atoms with E-state index in [1.54, 1.807) is 24.3 Å². The highest BCUT2D eigenvalue weighted by molar-refractivity contribution is 5.97. The Hall–Kier alpha value is -6.18.